The van der Waals surface area contributed by atoms with Crippen molar-refractivity contribution in [2.75, 3.05) is 25.5 Å². The average molecular weight is 335 g/mol. The van der Waals surface area contributed by atoms with Crippen molar-refractivity contribution in [3.8, 4) is 0 Å². The standard InChI is InChI=1S/C12H21N3O4S2/c1-6-13-11-9(15(16)17)7-10(20-11)21(18,19)14(5)8-12(2,3)4/h7,13H,6,8H2,1-5H3. The molecule has 0 unspecified atom stereocenters. The lowest BCUT2D eigenvalue weighted by molar-refractivity contribution is -0.383. The molecule has 1 heterocycles. The first-order chi connectivity index (χ1) is 9.49. The number of sulfonamides is 1. The lowest BCUT2D eigenvalue weighted by Gasteiger charge is -2.25. The quantitative estimate of drug-likeness (QED) is 0.637. The predicted molar refractivity (Wildman–Crippen MR) is 84.4 cm³/mol. The topological polar surface area (TPSA) is 92.6 Å². The fourth-order valence-corrected chi connectivity index (χ4v) is 4.82. The second kappa shape index (κ2) is 6.29. The molecule has 0 fully saturated rings. The SMILES string of the molecule is CCNc1sc(S(=O)(=O)N(C)CC(C)(C)C)cc1[N+](=O)[O-]. The Morgan fingerprint density at radius 2 is 2.00 bits per heavy atom. The molecule has 1 aromatic rings. The molecule has 0 radical (unpaired) electrons. The molecule has 0 saturated carbocycles. The van der Waals surface area contributed by atoms with Gasteiger partial charge in [-0.1, -0.05) is 32.1 Å². The summed E-state index contributed by atoms with van der Waals surface area (Å²) in [6.07, 6.45) is 0. The minimum Gasteiger partial charge on any atom is -0.372 e. The van der Waals surface area contributed by atoms with E-state index in [9.17, 15) is 18.5 Å². The van der Waals surface area contributed by atoms with E-state index in [1.165, 1.54) is 11.4 Å². The number of hydrogen-bond acceptors (Lipinski definition) is 6. The summed E-state index contributed by atoms with van der Waals surface area (Å²) < 4.78 is 26.2. The molecule has 0 aliphatic heterocycles. The Balaban J connectivity index is 3.20. The zero-order valence-electron chi connectivity index (χ0n) is 12.8. The van der Waals surface area contributed by atoms with Crippen LogP contribution in [-0.4, -0.2) is 37.8 Å². The third-order valence-electron chi connectivity index (χ3n) is 2.59. The number of rotatable bonds is 6. The number of nitrogens with one attached hydrogen (secondary N) is 1. The van der Waals surface area contributed by atoms with Crippen LogP contribution in [0.15, 0.2) is 10.3 Å². The molecular formula is C12H21N3O4S2. The van der Waals surface area contributed by atoms with Crippen molar-refractivity contribution in [3.63, 3.8) is 0 Å². The number of nitrogens with zero attached hydrogens (tertiary/aromatic N) is 2. The Bertz CT molecular complexity index is 617. The highest BCUT2D eigenvalue weighted by Crippen LogP contribution is 2.38. The van der Waals surface area contributed by atoms with Crippen LogP contribution in [0.4, 0.5) is 10.7 Å². The van der Waals surface area contributed by atoms with Gasteiger partial charge in [0.1, 0.15) is 4.21 Å². The highest BCUT2D eigenvalue weighted by atomic mass is 32.2. The second-order valence-corrected chi connectivity index (χ2v) is 9.21. The summed E-state index contributed by atoms with van der Waals surface area (Å²) in [4.78, 5) is 10.4. The first-order valence-corrected chi connectivity index (χ1v) is 8.73. The Kier molecular flexibility index (Phi) is 5.35. The largest absolute Gasteiger partial charge is 0.372 e. The van der Waals surface area contributed by atoms with Gasteiger partial charge < -0.3 is 5.32 Å². The van der Waals surface area contributed by atoms with E-state index in [2.05, 4.69) is 5.32 Å². The molecule has 0 saturated heterocycles. The molecule has 7 nitrogen and oxygen atoms in total. The van der Waals surface area contributed by atoms with Gasteiger partial charge in [-0.15, -0.1) is 0 Å². The minimum atomic E-state index is -3.72. The van der Waals surface area contributed by atoms with Gasteiger partial charge in [-0.3, -0.25) is 10.1 Å². The third kappa shape index (κ3) is 4.39. The number of thiophene rings is 1. The Hall–Kier alpha value is -1.19. The highest BCUT2D eigenvalue weighted by Gasteiger charge is 2.30. The van der Waals surface area contributed by atoms with Gasteiger partial charge in [0, 0.05) is 26.2 Å². The molecule has 0 aliphatic carbocycles. The smallest absolute Gasteiger partial charge is 0.304 e. The van der Waals surface area contributed by atoms with Crippen LogP contribution in [0.5, 0.6) is 0 Å². The van der Waals surface area contributed by atoms with Crippen LogP contribution in [-0.2, 0) is 10.0 Å². The summed E-state index contributed by atoms with van der Waals surface area (Å²) >= 11 is 0.891. The highest BCUT2D eigenvalue weighted by molar-refractivity contribution is 7.91. The van der Waals surface area contributed by atoms with Crippen LogP contribution in [0.2, 0.25) is 0 Å². The average Bonchev–Trinajstić information content (AvgIpc) is 2.72. The van der Waals surface area contributed by atoms with Gasteiger partial charge in [-0.25, -0.2) is 8.42 Å². The number of anilines is 1. The van der Waals surface area contributed by atoms with Crippen molar-refractivity contribution in [2.45, 2.75) is 31.9 Å². The zero-order valence-corrected chi connectivity index (χ0v) is 14.5. The van der Waals surface area contributed by atoms with Crippen molar-refractivity contribution >= 4 is 32.0 Å². The van der Waals surface area contributed by atoms with Gasteiger partial charge in [-0.2, -0.15) is 4.31 Å². The molecule has 0 aliphatic rings. The molecule has 0 bridgehead atoms. The molecule has 120 valence electrons. The zero-order chi connectivity index (χ0) is 16.4. The Morgan fingerprint density at radius 1 is 1.43 bits per heavy atom. The van der Waals surface area contributed by atoms with E-state index in [1.54, 1.807) is 6.92 Å². The lowest BCUT2D eigenvalue weighted by atomic mass is 9.97. The van der Waals surface area contributed by atoms with Gasteiger partial charge in [0.25, 0.3) is 10.0 Å². The summed E-state index contributed by atoms with van der Waals surface area (Å²) in [6, 6.07) is 1.12. The maximum Gasteiger partial charge on any atom is 0.304 e. The Morgan fingerprint density at radius 3 is 2.43 bits per heavy atom. The summed E-state index contributed by atoms with van der Waals surface area (Å²) in [7, 11) is -2.23. The van der Waals surface area contributed by atoms with Crippen LogP contribution in [0.3, 0.4) is 0 Å². The van der Waals surface area contributed by atoms with E-state index in [4.69, 9.17) is 0 Å². The molecule has 21 heavy (non-hydrogen) atoms. The molecule has 1 N–H and O–H groups in total. The van der Waals surface area contributed by atoms with Crippen LogP contribution in [0.1, 0.15) is 27.7 Å². The van der Waals surface area contributed by atoms with Crippen LogP contribution in [0, 0.1) is 15.5 Å². The first kappa shape index (κ1) is 17.9. The normalized spacial score (nSPS) is 12.7. The van der Waals surface area contributed by atoms with E-state index in [0.29, 0.717) is 13.1 Å². The molecule has 1 aromatic heterocycles. The summed E-state index contributed by atoms with van der Waals surface area (Å²) in [5, 5.41) is 14.1. The fraction of sp³-hybridized carbons (Fsp3) is 0.667. The van der Waals surface area contributed by atoms with Gasteiger partial charge in [0.2, 0.25) is 0 Å². The molecule has 0 amide bonds. The Labute approximate surface area is 129 Å². The van der Waals surface area contributed by atoms with Crippen molar-refractivity contribution in [3.05, 3.63) is 16.2 Å². The van der Waals surface area contributed by atoms with Gasteiger partial charge >= 0.3 is 5.69 Å². The predicted octanol–water partition coefficient (Wildman–Crippen LogP) is 2.75. The van der Waals surface area contributed by atoms with Crippen LogP contribution < -0.4 is 5.32 Å². The van der Waals surface area contributed by atoms with E-state index in [-0.39, 0.29) is 20.3 Å². The maximum absolute atomic E-state index is 12.5. The van der Waals surface area contributed by atoms with Gasteiger partial charge in [0.15, 0.2) is 5.00 Å². The number of hydrogen-bond donors (Lipinski definition) is 1. The van der Waals surface area contributed by atoms with E-state index < -0.39 is 14.9 Å². The van der Waals surface area contributed by atoms with Crippen molar-refractivity contribution in [1.82, 2.24) is 4.31 Å². The molecule has 0 spiro atoms. The summed E-state index contributed by atoms with van der Waals surface area (Å²) in [5.41, 5.74) is -0.403. The molecular weight excluding hydrogens is 314 g/mol. The summed E-state index contributed by atoms with van der Waals surface area (Å²) in [5.74, 6) is 0. The molecule has 0 atom stereocenters. The van der Waals surface area contributed by atoms with Crippen molar-refractivity contribution < 1.29 is 13.3 Å². The van der Waals surface area contributed by atoms with Gasteiger partial charge in [0.05, 0.1) is 4.92 Å². The first-order valence-electron chi connectivity index (χ1n) is 6.47. The van der Waals surface area contributed by atoms with Gasteiger partial charge in [-0.05, 0) is 12.3 Å². The third-order valence-corrected chi connectivity index (χ3v) is 5.92. The summed E-state index contributed by atoms with van der Waals surface area (Å²) in [6.45, 7) is 8.40. The van der Waals surface area contributed by atoms with E-state index in [0.717, 1.165) is 17.4 Å². The minimum absolute atomic E-state index is 0.0168. The van der Waals surface area contributed by atoms with Crippen LogP contribution >= 0.6 is 11.3 Å². The fourth-order valence-electron chi connectivity index (χ4n) is 1.82. The van der Waals surface area contributed by atoms with Crippen molar-refractivity contribution in [1.29, 1.82) is 0 Å². The second-order valence-electron chi connectivity index (χ2n) is 5.89. The lowest BCUT2D eigenvalue weighted by Crippen LogP contribution is -2.34. The molecule has 0 aromatic carbocycles. The maximum atomic E-state index is 12.5. The van der Waals surface area contributed by atoms with Crippen molar-refractivity contribution in [2.24, 2.45) is 5.41 Å². The van der Waals surface area contributed by atoms with Crippen LogP contribution in [0.25, 0.3) is 0 Å². The monoisotopic (exact) mass is 335 g/mol. The molecule has 9 heteroatoms. The number of nitro groups is 1. The molecule has 1 rings (SSSR count). The van der Waals surface area contributed by atoms with E-state index >= 15 is 0 Å². The van der Waals surface area contributed by atoms with E-state index in [1.807, 2.05) is 20.8 Å².